The number of nitrogens with zero attached hydrogens (tertiary/aromatic N) is 1. The second kappa shape index (κ2) is 4.87. The molecule has 0 amide bonds. The standard InChI is InChI=1S/C16H14Cl2N2O/c17-13-3-2-11(7-14(13)18)20-8-12-9(6-16(20)21)5-10-1-4-15(12)19-10/h2-3,6-8,10,15,19H,1,4-5H2. The minimum absolute atomic E-state index is 0.0200. The van der Waals surface area contributed by atoms with Crippen LogP contribution < -0.4 is 10.9 Å². The summed E-state index contributed by atoms with van der Waals surface area (Å²) in [6.07, 6.45) is 5.22. The summed E-state index contributed by atoms with van der Waals surface area (Å²) in [4.78, 5) is 12.4. The lowest BCUT2D eigenvalue weighted by Crippen LogP contribution is -2.34. The molecule has 0 radical (unpaired) electrons. The Hall–Kier alpha value is -1.29. The van der Waals surface area contributed by atoms with Gasteiger partial charge in [0.15, 0.2) is 0 Å². The van der Waals surface area contributed by atoms with Crippen molar-refractivity contribution in [3.8, 4) is 5.69 Å². The van der Waals surface area contributed by atoms with Crippen molar-refractivity contribution in [2.75, 3.05) is 0 Å². The van der Waals surface area contributed by atoms with Crippen LogP contribution >= 0.6 is 23.2 Å². The zero-order valence-electron chi connectivity index (χ0n) is 11.3. The Morgan fingerprint density at radius 1 is 1.14 bits per heavy atom. The van der Waals surface area contributed by atoms with Gasteiger partial charge in [0.1, 0.15) is 0 Å². The molecule has 21 heavy (non-hydrogen) atoms. The fourth-order valence-corrected chi connectivity index (χ4v) is 3.70. The average molecular weight is 321 g/mol. The van der Waals surface area contributed by atoms with Crippen molar-refractivity contribution in [1.82, 2.24) is 9.88 Å². The molecule has 108 valence electrons. The predicted molar refractivity (Wildman–Crippen MR) is 84.7 cm³/mol. The molecule has 2 aromatic rings. The molecule has 0 aliphatic carbocycles. The van der Waals surface area contributed by atoms with Crippen LogP contribution in [0.2, 0.25) is 10.0 Å². The zero-order valence-corrected chi connectivity index (χ0v) is 12.8. The molecule has 2 unspecified atom stereocenters. The topological polar surface area (TPSA) is 34.0 Å². The van der Waals surface area contributed by atoms with Gasteiger partial charge >= 0.3 is 0 Å². The zero-order chi connectivity index (χ0) is 14.6. The first-order valence-corrected chi connectivity index (χ1v) is 7.84. The van der Waals surface area contributed by atoms with E-state index in [-0.39, 0.29) is 5.56 Å². The number of rotatable bonds is 1. The van der Waals surface area contributed by atoms with Crippen LogP contribution in [0.15, 0.2) is 35.3 Å². The maximum absolute atomic E-state index is 12.4. The van der Waals surface area contributed by atoms with Crippen molar-refractivity contribution in [3.05, 3.63) is 62.0 Å². The van der Waals surface area contributed by atoms with Crippen LogP contribution in [0.5, 0.6) is 0 Å². The van der Waals surface area contributed by atoms with Crippen molar-refractivity contribution in [1.29, 1.82) is 0 Å². The quantitative estimate of drug-likeness (QED) is 0.872. The summed E-state index contributed by atoms with van der Waals surface area (Å²) in [5, 5.41) is 4.55. The van der Waals surface area contributed by atoms with E-state index in [9.17, 15) is 4.79 Å². The largest absolute Gasteiger partial charge is 0.307 e. The number of pyridine rings is 1. The molecule has 1 fully saturated rings. The normalized spacial score (nSPS) is 23.1. The smallest absolute Gasteiger partial charge is 0.255 e. The molecular formula is C16H14Cl2N2O. The molecule has 1 aromatic carbocycles. The van der Waals surface area contributed by atoms with Gasteiger partial charge in [-0.25, -0.2) is 0 Å². The van der Waals surface area contributed by atoms with E-state index in [1.54, 1.807) is 22.8 Å². The van der Waals surface area contributed by atoms with Crippen LogP contribution in [0.4, 0.5) is 0 Å². The second-order valence-corrected chi connectivity index (χ2v) is 6.57. The molecule has 5 heteroatoms. The maximum atomic E-state index is 12.4. The predicted octanol–water partition coefficient (Wildman–Crippen LogP) is 3.49. The number of halogens is 2. The number of hydrogen-bond acceptors (Lipinski definition) is 2. The Bertz CT molecular complexity index is 784. The van der Waals surface area contributed by atoms with E-state index in [1.807, 2.05) is 12.3 Å². The molecule has 2 bridgehead atoms. The molecule has 0 saturated carbocycles. The Morgan fingerprint density at radius 2 is 2.00 bits per heavy atom. The average Bonchev–Trinajstić information content (AvgIpc) is 2.84. The van der Waals surface area contributed by atoms with E-state index < -0.39 is 0 Å². The Labute approximate surface area is 132 Å². The third-order valence-corrected chi connectivity index (χ3v) is 5.18. The Balaban J connectivity index is 1.86. The highest BCUT2D eigenvalue weighted by molar-refractivity contribution is 6.42. The van der Waals surface area contributed by atoms with Crippen LogP contribution in [0.1, 0.15) is 30.0 Å². The van der Waals surface area contributed by atoms with Crippen molar-refractivity contribution in [2.24, 2.45) is 0 Å². The molecule has 1 N–H and O–H groups in total. The molecule has 2 atom stereocenters. The van der Waals surface area contributed by atoms with Gasteiger partial charge in [-0.15, -0.1) is 0 Å². The van der Waals surface area contributed by atoms with E-state index in [0.29, 0.717) is 22.1 Å². The van der Waals surface area contributed by atoms with Gasteiger partial charge in [0.2, 0.25) is 0 Å². The van der Waals surface area contributed by atoms with Gasteiger partial charge in [0.05, 0.1) is 15.7 Å². The van der Waals surface area contributed by atoms with Crippen LogP contribution in [-0.2, 0) is 6.42 Å². The number of nitrogens with one attached hydrogen (secondary N) is 1. The van der Waals surface area contributed by atoms with E-state index >= 15 is 0 Å². The van der Waals surface area contributed by atoms with Crippen LogP contribution in [0, 0.1) is 0 Å². The van der Waals surface area contributed by atoms with Gasteiger partial charge in [-0.1, -0.05) is 23.2 Å². The van der Waals surface area contributed by atoms with E-state index in [4.69, 9.17) is 23.2 Å². The van der Waals surface area contributed by atoms with Crippen LogP contribution in [0.3, 0.4) is 0 Å². The lowest BCUT2D eigenvalue weighted by molar-refractivity contribution is 0.511. The molecule has 2 aliphatic heterocycles. The number of aromatic nitrogens is 1. The summed E-state index contributed by atoms with van der Waals surface area (Å²) in [7, 11) is 0. The molecule has 1 aromatic heterocycles. The SMILES string of the molecule is O=c1cc2c(cn1-c1ccc(Cl)c(Cl)c1)C1CCC(C2)N1. The molecular weight excluding hydrogens is 307 g/mol. The van der Waals surface area contributed by atoms with Crippen molar-refractivity contribution >= 4 is 23.2 Å². The molecule has 1 saturated heterocycles. The summed E-state index contributed by atoms with van der Waals surface area (Å²) in [5.74, 6) is 0. The van der Waals surface area contributed by atoms with Gasteiger partial charge in [-0.2, -0.15) is 0 Å². The van der Waals surface area contributed by atoms with Gasteiger partial charge < -0.3 is 5.32 Å². The first kappa shape index (κ1) is 13.4. The van der Waals surface area contributed by atoms with Crippen molar-refractivity contribution in [2.45, 2.75) is 31.3 Å². The molecule has 4 rings (SSSR count). The third kappa shape index (κ3) is 2.20. The number of benzene rings is 1. The summed E-state index contributed by atoms with van der Waals surface area (Å²) in [5.41, 5.74) is 3.14. The summed E-state index contributed by atoms with van der Waals surface area (Å²) >= 11 is 12.0. The fourth-order valence-electron chi connectivity index (χ4n) is 3.41. The number of fused-ring (bicyclic) bond motifs is 4. The third-order valence-electron chi connectivity index (χ3n) is 4.44. The van der Waals surface area contributed by atoms with E-state index in [1.165, 1.54) is 17.5 Å². The summed E-state index contributed by atoms with van der Waals surface area (Å²) < 4.78 is 1.65. The highest BCUT2D eigenvalue weighted by Gasteiger charge is 2.32. The van der Waals surface area contributed by atoms with Gasteiger partial charge in [0.25, 0.3) is 5.56 Å². The van der Waals surface area contributed by atoms with Gasteiger partial charge in [-0.05, 0) is 48.6 Å². The lowest BCUT2D eigenvalue weighted by atomic mass is 9.97. The first-order chi connectivity index (χ1) is 10.1. The number of hydrogen-bond donors (Lipinski definition) is 1. The Morgan fingerprint density at radius 3 is 2.81 bits per heavy atom. The molecule has 3 nitrogen and oxygen atoms in total. The molecule has 3 heterocycles. The lowest BCUT2D eigenvalue weighted by Gasteiger charge is -2.25. The second-order valence-electron chi connectivity index (χ2n) is 5.76. The molecule has 0 spiro atoms. The first-order valence-electron chi connectivity index (χ1n) is 7.09. The minimum atomic E-state index is -0.0200. The van der Waals surface area contributed by atoms with Crippen molar-refractivity contribution in [3.63, 3.8) is 0 Å². The van der Waals surface area contributed by atoms with E-state index in [2.05, 4.69) is 5.32 Å². The maximum Gasteiger partial charge on any atom is 0.255 e. The Kier molecular flexibility index (Phi) is 3.10. The van der Waals surface area contributed by atoms with Gasteiger partial charge in [-0.3, -0.25) is 9.36 Å². The highest BCUT2D eigenvalue weighted by atomic mass is 35.5. The monoisotopic (exact) mass is 320 g/mol. The van der Waals surface area contributed by atoms with Gasteiger partial charge in [0, 0.05) is 24.3 Å². The van der Waals surface area contributed by atoms with Crippen molar-refractivity contribution < 1.29 is 0 Å². The fraction of sp³-hybridized carbons (Fsp3) is 0.312. The van der Waals surface area contributed by atoms with E-state index in [0.717, 1.165) is 18.5 Å². The van der Waals surface area contributed by atoms with Crippen LogP contribution in [0.25, 0.3) is 5.69 Å². The minimum Gasteiger partial charge on any atom is -0.307 e. The highest BCUT2D eigenvalue weighted by Crippen LogP contribution is 2.35. The summed E-state index contributed by atoms with van der Waals surface area (Å²) in [6, 6.07) is 7.93. The molecule has 2 aliphatic rings. The summed E-state index contributed by atoms with van der Waals surface area (Å²) in [6.45, 7) is 0. The van der Waals surface area contributed by atoms with Crippen LogP contribution in [-0.4, -0.2) is 10.6 Å².